The van der Waals surface area contributed by atoms with Gasteiger partial charge in [0.15, 0.2) is 6.10 Å². The summed E-state index contributed by atoms with van der Waals surface area (Å²) in [5.41, 5.74) is 0. The first-order valence-corrected chi connectivity index (χ1v) is 5.88. The van der Waals surface area contributed by atoms with Crippen molar-refractivity contribution in [3.63, 3.8) is 0 Å². The van der Waals surface area contributed by atoms with Gasteiger partial charge in [0.25, 0.3) is 0 Å². The molecule has 0 N–H and O–H groups in total. The summed E-state index contributed by atoms with van der Waals surface area (Å²) in [6.45, 7) is 0. The quantitative estimate of drug-likeness (QED) is 0.416. The highest BCUT2D eigenvalue weighted by atomic mass is 32.1. The molecule has 0 aromatic carbocycles. The smallest absolute Gasteiger partial charge is 0.353 e. The Morgan fingerprint density at radius 2 is 2.29 bits per heavy atom. The van der Waals surface area contributed by atoms with E-state index in [1.54, 1.807) is 0 Å². The molecular formula is C8H13BO3S2. The molecule has 2 saturated heterocycles. The van der Waals surface area contributed by atoms with Crippen molar-refractivity contribution in [1.29, 1.82) is 0 Å². The SMILES string of the molecule is BC1OC(CCS)CC2OC(=S)OC12. The lowest BCUT2D eigenvalue weighted by atomic mass is 9.85. The van der Waals surface area contributed by atoms with Crippen LogP contribution in [-0.2, 0) is 14.2 Å². The van der Waals surface area contributed by atoms with Crippen LogP contribution in [0.25, 0.3) is 0 Å². The molecular weight excluding hydrogens is 219 g/mol. The zero-order chi connectivity index (χ0) is 10.1. The molecule has 0 amide bonds. The van der Waals surface area contributed by atoms with Gasteiger partial charge >= 0.3 is 5.24 Å². The van der Waals surface area contributed by atoms with Crippen LogP contribution in [0.4, 0.5) is 0 Å². The Balaban J connectivity index is 1.99. The molecule has 2 heterocycles. The fraction of sp³-hybridized carbons (Fsp3) is 0.875. The van der Waals surface area contributed by atoms with E-state index in [2.05, 4.69) is 12.6 Å². The van der Waals surface area contributed by atoms with E-state index >= 15 is 0 Å². The van der Waals surface area contributed by atoms with E-state index in [0.29, 0.717) is 0 Å². The molecule has 78 valence electrons. The van der Waals surface area contributed by atoms with Crippen molar-refractivity contribution in [2.24, 2.45) is 0 Å². The molecule has 0 radical (unpaired) electrons. The van der Waals surface area contributed by atoms with Gasteiger partial charge in [-0.25, -0.2) is 0 Å². The van der Waals surface area contributed by atoms with E-state index < -0.39 is 0 Å². The van der Waals surface area contributed by atoms with Crippen molar-refractivity contribution >= 4 is 37.9 Å². The van der Waals surface area contributed by atoms with Crippen molar-refractivity contribution in [3.8, 4) is 0 Å². The number of rotatable bonds is 2. The molecule has 3 nitrogen and oxygen atoms in total. The van der Waals surface area contributed by atoms with E-state index in [1.165, 1.54) is 0 Å². The Morgan fingerprint density at radius 1 is 1.50 bits per heavy atom. The molecule has 6 heteroatoms. The second-order valence-electron chi connectivity index (χ2n) is 3.70. The summed E-state index contributed by atoms with van der Waals surface area (Å²) in [6, 6.07) is 0.0547. The van der Waals surface area contributed by atoms with E-state index in [1.807, 2.05) is 7.85 Å². The minimum Gasteiger partial charge on any atom is -0.449 e. The lowest BCUT2D eigenvalue weighted by Gasteiger charge is -2.34. The summed E-state index contributed by atoms with van der Waals surface area (Å²) >= 11 is 9.07. The van der Waals surface area contributed by atoms with Gasteiger partial charge in [-0.1, -0.05) is 0 Å². The highest BCUT2D eigenvalue weighted by molar-refractivity contribution is 7.80. The van der Waals surface area contributed by atoms with Crippen LogP contribution in [0.5, 0.6) is 0 Å². The maximum absolute atomic E-state index is 5.78. The molecule has 14 heavy (non-hydrogen) atoms. The molecule has 4 unspecified atom stereocenters. The van der Waals surface area contributed by atoms with Gasteiger partial charge in [-0.05, 0) is 12.2 Å². The second kappa shape index (κ2) is 4.29. The number of hydrogen-bond acceptors (Lipinski definition) is 5. The minimum absolute atomic E-state index is 0.0151. The molecule has 2 aliphatic heterocycles. The zero-order valence-electron chi connectivity index (χ0n) is 8.01. The van der Waals surface area contributed by atoms with Gasteiger partial charge in [0.1, 0.15) is 14.0 Å². The van der Waals surface area contributed by atoms with Crippen LogP contribution >= 0.6 is 24.8 Å². The van der Waals surface area contributed by atoms with Crippen LogP contribution in [0.2, 0.25) is 0 Å². The molecule has 2 aliphatic rings. The summed E-state index contributed by atoms with van der Waals surface area (Å²) in [7, 11) is 2.00. The largest absolute Gasteiger partial charge is 0.449 e. The number of fused-ring (bicyclic) bond motifs is 1. The van der Waals surface area contributed by atoms with E-state index in [0.717, 1.165) is 18.6 Å². The highest BCUT2D eigenvalue weighted by Gasteiger charge is 2.44. The van der Waals surface area contributed by atoms with E-state index in [-0.39, 0.29) is 29.6 Å². The summed E-state index contributed by atoms with van der Waals surface area (Å²) in [6.07, 6.45) is 2.10. The van der Waals surface area contributed by atoms with Crippen LogP contribution in [0.15, 0.2) is 0 Å². The van der Waals surface area contributed by atoms with Crippen molar-refractivity contribution in [3.05, 3.63) is 0 Å². The van der Waals surface area contributed by atoms with E-state index in [9.17, 15) is 0 Å². The van der Waals surface area contributed by atoms with Crippen LogP contribution < -0.4 is 0 Å². The lowest BCUT2D eigenvalue weighted by molar-refractivity contribution is -0.0913. The van der Waals surface area contributed by atoms with Crippen molar-refractivity contribution in [2.75, 3.05) is 5.75 Å². The first kappa shape index (κ1) is 10.6. The topological polar surface area (TPSA) is 27.7 Å². The number of hydrogen-bond donors (Lipinski definition) is 1. The summed E-state index contributed by atoms with van der Waals surface area (Å²) < 4.78 is 16.6. The molecule has 0 spiro atoms. The first-order chi connectivity index (χ1) is 6.70. The van der Waals surface area contributed by atoms with Crippen LogP contribution in [0.3, 0.4) is 0 Å². The summed E-state index contributed by atoms with van der Waals surface area (Å²) in [4.78, 5) is 0. The maximum atomic E-state index is 5.78. The van der Waals surface area contributed by atoms with Crippen molar-refractivity contribution in [1.82, 2.24) is 0 Å². The zero-order valence-corrected chi connectivity index (χ0v) is 9.72. The van der Waals surface area contributed by atoms with Gasteiger partial charge in [-0.3, -0.25) is 0 Å². The van der Waals surface area contributed by atoms with Gasteiger partial charge in [0.2, 0.25) is 0 Å². The predicted molar refractivity (Wildman–Crippen MR) is 62.6 cm³/mol. The van der Waals surface area contributed by atoms with Crippen molar-refractivity contribution in [2.45, 2.75) is 37.2 Å². The lowest BCUT2D eigenvalue weighted by Crippen LogP contribution is -2.47. The number of thiol groups is 1. The Morgan fingerprint density at radius 3 is 3.00 bits per heavy atom. The molecule has 4 atom stereocenters. The van der Waals surface area contributed by atoms with Gasteiger partial charge in [0.05, 0.1) is 12.1 Å². The Hall–Kier alpha value is 0.0649. The van der Waals surface area contributed by atoms with E-state index in [4.69, 9.17) is 26.4 Å². The molecule has 0 bridgehead atoms. The van der Waals surface area contributed by atoms with Gasteiger partial charge in [-0.2, -0.15) is 12.6 Å². The standard InChI is InChI=1S/C8H13BO3S2/c9-7-6-5(11-8(14)12-6)3-4(10-7)1-2-13/h4-7,13H,1-3,9H2. The molecule has 0 aliphatic carbocycles. The fourth-order valence-corrected chi connectivity index (χ4v) is 2.53. The monoisotopic (exact) mass is 232 g/mol. The molecule has 0 aromatic heterocycles. The third-order valence-corrected chi connectivity index (χ3v) is 3.11. The minimum atomic E-state index is -0.0151. The summed E-state index contributed by atoms with van der Waals surface area (Å²) in [5.74, 6) is 0.833. The third-order valence-electron chi connectivity index (χ3n) is 2.66. The number of thiocarbonyl (C=S) groups is 1. The van der Waals surface area contributed by atoms with Gasteiger partial charge < -0.3 is 14.2 Å². The van der Waals surface area contributed by atoms with Gasteiger partial charge in [-0.15, -0.1) is 0 Å². The normalized spacial score (nSPS) is 41.4. The Kier molecular flexibility index (Phi) is 3.24. The maximum Gasteiger partial charge on any atom is 0.353 e. The third kappa shape index (κ3) is 2.02. The summed E-state index contributed by atoms with van der Waals surface area (Å²) in [5, 5.41) is 0.266. The molecule has 2 rings (SSSR count). The van der Waals surface area contributed by atoms with Crippen molar-refractivity contribution < 1.29 is 14.2 Å². The Bertz CT molecular complexity index is 239. The van der Waals surface area contributed by atoms with Crippen LogP contribution in [-0.4, -0.2) is 43.2 Å². The molecule has 0 aromatic rings. The van der Waals surface area contributed by atoms with Crippen LogP contribution in [0.1, 0.15) is 12.8 Å². The average Bonchev–Trinajstić information content (AvgIpc) is 2.47. The highest BCUT2D eigenvalue weighted by Crippen LogP contribution is 2.30. The van der Waals surface area contributed by atoms with Crippen LogP contribution in [0, 0.1) is 0 Å². The predicted octanol–water partition coefficient (Wildman–Crippen LogP) is 0.123. The first-order valence-electron chi connectivity index (χ1n) is 4.84. The molecule has 2 fully saturated rings. The second-order valence-corrected chi connectivity index (χ2v) is 4.48. The fourth-order valence-electron chi connectivity index (χ4n) is 2.01. The van der Waals surface area contributed by atoms with Gasteiger partial charge in [0, 0.05) is 18.6 Å². The Labute approximate surface area is 95.3 Å². The average molecular weight is 232 g/mol. The number of ether oxygens (including phenoxy) is 3. The molecule has 0 saturated carbocycles.